The van der Waals surface area contributed by atoms with Crippen molar-refractivity contribution in [3.05, 3.63) is 65.2 Å². The first-order valence-electron chi connectivity index (χ1n) is 11.7. The average Bonchev–Trinajstić information content (AvgIpc) is 2.85. The van der Waals surface area contributed by atoms with Gasteiger partial charge in [0.2, 0.25) is 15.9 Å². The molecule has 0 aliphatic carbocycles. The van der Waals surface area contributed by atoms with Crippen molar-refractivity contribution in [2.24, 2.45) is 0 Å². The number of sulfonamides is 1. The van der Waals surface area contributed by atoms with Crippen LogP contribution in [0.2, 0.25) is 0 Å². The number of rotatable bonds is 11. The first-order chi connectivity index (χ1) is 15.9. The molecule has 7 nitrogen and oxygen atoms in total. The average molecular weight is 474 g/mol. The van der Waals surface area contributed by atoms with E-state index in [1.165, 1.54) is 9.87 Å². The van der Waals surface area contributed by atoms with Crippen molar-refractivity contribution in [2.45, 2.75) is 44.7 Å². The maximum absolute atomic E-state index is 12.7. The molecule has 180 valence electrons. The van der Waals surface area contributed by atoms with E-state index >= 15 is 0 Å². The lowest BCUT2D eigenvalue weighted by Crippen LogP contribution is -2.40. The summed E-state index contributed by atoms with van der Waals surface area (Å²) in [6.45, 7) is 9.35. The number of hydrogen-bond donors (Lipinski definition) is 1. The summed E-state index contributed by atoms with van der Waals surface area (Å²) in [4.78, 5) is 15.0. The fourth-order valence-electron chi connectivity index (χ4n) is 3.85. The van der Waals surface area contributed by atoms with E-state index in [0.717, 1.165) is 30.8 Å². The highest BCUT2D eigenvalue weighted by atomic mass is 32.2. The van der Waals surface area contributed by atoms with Gasteiger partial charge in [-0.15, -0.1) is 0 Å². The van der Waals surface area contributed by atoms with E-state index in [1.54, 1.807) is 24.3 Å². The standard InChI is InChI=1S/C25H35N3O4S/c1-3-27(4-2)20-23-7-5-6-22(18-23)19-26-25(29)13-10-21-8-11-24(12-9-21)33(30,31)28-14-16-32-17-15-28/h5-9,11-12,18H,3-4,10,13-17,19-20H2,1-2H3,(H,26,29). The summed E-state index contributed by atoms with van der Waals surface area (Å²) in [7, 11) is -3.49. The number of hydrogen-bond acceptors (Lipinski definition) is 5. The fraction of sp³-hybridized carbons (Fsp3) is 0.480. The minimum atomic E-state index is -3.49. The Morgan fingerprint density at radius 1 is 1.00 bits per heavy atom. The Balaban J connectivity index is 1.47. The van der Waals surface area contributed by atoms with Gasteiger partial charge in [0.1, 0.15) is 0 Å². The van der Waals surface area contributed by atoms with Crippen LogP contribution < -0.4 is 5.32 Å². The van der Waals surface area contributed by atoms with E-state index in [0.29, 0.717) is 45.7 Å². The van der Waals surface area contributed by atoms with Gasteiger partial charge in [0.05, 0.1) is 18.1 Å². The van der Waals surface area contributed by atoms with Crippen molar-refractivity contribution in [1.29, 1.82) is 0 Å². The van der Waals surface area contributed by atoms with Crippen LogP contribution in [0.3, 0.4) is 0 Å². The fourth-order valence-corrected chi connectivity index (χ4v) is 5.26. The number of carbonyl (C=O) groups excluding carboxylic acids is 1. The van der Waals surface area contributed by atoms with Crippen molar-refractivity contribution in [3.8, 4) is 0 Å². The molecule has 2 aromatic rings. The Morgan fingerprint density at radius 2 is 1.67 bits per heavy atom. The van der Waals surface area contributed by atoms with Gasteiger partial charge in [-0.2, -0.15) is 4.31 Å². The predicted octanol–water partition coefficient (Wildman–Crippen LogP) is 2.80. The third kappa shape index (κ3) is 7.37. The molecule has 3 rings (SSSR count). The summed E-state index contributed by atoms with van der Waals surface area (Å²) in [6.07, 6.45) is 0.917. The second-order valence-corrected chi connectivity index (χ2v) is 10.2. The Kier molecular flexibility index (Phi) is 9.43. The van der Waals surface area contributed by atoms with Crippen molar-refractivity contribution < 1.29 is 17.9 Å². The van der Waals surface area contributed by atoms with E-state index in [2.05, 4.69) is 36.2 Å². The van der Waals surface area contributed by atoms with E-state index in [-0.39, 0.29) is 10.8 Å². The number of morpholine rings is 1. The first kappa shape index (κ1) is 25.4. The summed E-state index contributed by atoms with van der Waals surface area (Å²) in [5.74, 6) is -0.0193. The third-order valence-corrected chi connectivity index (χ3v) is 7.87. The molecule has 1 fully saturated rings. The third-order valence-electron chi connectivity index (χ3n) is 5.95. The van der Waals surface area contributed by atoms with Crippen molar-refractivity contribution in [2.75, 3.05) is 39.4 Å². The maximum Gasteiger partial charge on any atom is 0.243 e. The normalized spacial score (nSPS) is 15.0. The van der Waals surface area contributed by atoms with Crippen LogP contribution in [0.25, 0.3) is 0 Å². The Morgan fingerprint density at radius 3 is 2.33 bits per heavy atom. The molecule has 1 saturated heterocycles. The minimum absolute atomic E-state index is 0.0193. The van der Waals surface area contributed by atoms with Gasteiger partial charge in [0, 0.05) is 32.6 Å². The molecule has 1 aliphatic rings. The molecule has 0 atom stereocenters. The van der Waals surface area contributed by atoms with E-state index in [4.69, 9.17) is 4.74 Å². The molecule has 0 spiro atoms. The summed E-state index contributed by atoms with van der Waals surface area (Å²) in [5.41, 5.74) is 3.27. The van der Waals surface area contributed by atoms with Gasteiger partial charge in [-0.3, -0.25) is 9.69 Å². The number of amides is 1. The van der Waals surface area contributed by atoms with Gasteiger partial charge < -0.3 is 10.1 Å². The Labute approximate surface area is 197 Å². The lowest BCUT2D eigenvalue weighted by molar-refractivity contribution is -0.121. The molecular weight excluding hydrogens is 438 g/mol. The largest absolute Gasteiger partial charge is 0.379 e. The van der Waals surface area contributed by atoms with Crippen LogP contribution in [0.1, 0.15) is 37.0 Å². The van der Waals surface area contributed by atoms with Gasteiger partial charge in [0.15, 0.2) is 0 Å². The van der Waals surface area contributed by atoms with Crippen LogP contribution in [0.5, 0.6) is 0 Å². The van der Waals surface area contributed by atoms with Crippen molar-refractivity contribution in [3.63, 3.8) is 0 Å². The monoisotopic (exact) mass is 473 g/mol. The van der Waals surface area contributed by atoms with Crippen LogP contribution >= 0.6 is 0 Å². The second kappa shape index (κ2) is 12.3. The molecule has 0 radical (unpaired) electrons. The van der Waals surface area contributed by atoms with Gasteiger partial charge in [-0.25, -0.2) is 8.42 Å². The van der Waals surface area contributed by atoms with Crippen LogP contribution in [-0.4, -0.2) is 62.9 Å². The van der Waals surface area contributed by atoms with E-state index in [1.807, 2.05) is 12.1 Å². The zero-order valence-electron chi connectivity index (χ0n) is 19.6. The minimum Gasteiger partial charge on any atom is -0.379 e. The lowest BCUT2D eigenvalue weighted by atomic mass is 10.1. The molecule has 1 aliphatic heterocycles. The van der Waals surface area contributed by atoms with Crippen molar-refractivity contribution in [1.82, 2.24) is 14.5 Å². The molecule has 1 amide bonds. The smallest absolute Gasteiger partial charge is 0.243 e. The van der Waals surface area contributed by atoms with Crippen molar-refractivity contribution >= 4 is 15.9 Å². The van der Waals surface area contributed by atoms with Gasteiger partial charge >= 0.3 is 0 Å². The molecule has 8 heteroatoms. The highest BCUT2D eigenvalue weighted by Gasteiger charge is 2.26. The highest BCUT2D eigenvalue weighted by Crippen LogP contribution is 2.18. The molecule has 33 heavy (non-hydrogen) atoms. The predicted molar refractivity (Wildman–Crippen MR) is 129 cm³/mol. The molecule has 0 bridgehead atoms. The number of nitrogens with one attached hydrogen (secondary N) is 1. The molecule has 1 heterocycles. The zero-order chi connectivity index (χ0) is 23.7. The van der Waals surface area contributed by atoms with E-state index in [9.17, 15) is 13.2 Å². The maximum atomic E-state index is 12.7. The van der Waals surface area contributed by atoms with Crippen LogP contribution in [0.15, 0.2) is 53.4 Å². The SMILES string of the molecule is CCN(CC)Cc1cccc(CNC(=O)CCc2ccc(S(=O)(=O)N3CCOCC3)cc2)c1. The quantitative estimate of drug-likeness (QED) is 0.543. The number of benzene rings is 2. The van der Waals surface area contributed by atoms with Gasteiger partial charge in [-0.05, 0) is 48.3 Å². The number of aryl methyl sites for hydroxylation is 1. The molecule has 0 aromatic heterocycles. The topological polar surface area (TPSA) is 79.0 Å². The van der Waals surface area contributed by atoms with Gasteiger partial charge in [0.25, 0.3) is 0 Å². The van der Waals surface area contributed by atoms with Crippen LogP contribution in [0.4, 0.5) is 0 Å². The summed E-state index contributed by atoms with van der Waals surface area (Å²) in [5, 5.41) is 2.99. The first-order valence-corrected chi connectivity index (χ1v) is 13.1. The summed E-state index contributed by atoms with van der Waals surface area (Å²) < 4.78 is 32.1. The summed E-state index contributed by atoms with van der Waals surface area (Å²) in [6, 6.07) is 15.2. The molecule has 2 aromatic carbocycles. The van der Waals surface area contributed by atoms with Crippen LogP contribution in [-0.2, 0) is 39.1 Å². The zero-order valence-corrected chi connectivity index (χ0v) is 20.4. The molecule has 0 saturated carbocycles. The lowest BCUT2D eigenvalue weighted by Gasteiger charge is -2.26. The van der Waals surface area contributed by atoms with Gasteiger partial charge in [-0.1, -0.05) is 50.2 Å². The summed E-state index contributed by atoms with van der Waals surface area (Å²) >= 11 is 0. The number of carbonyl (C=O) groups is 1. The Bertz CT molecular complexity index is 999. The number of nitrogens with zero attached hydrogens (tertiary/aromatic N) is 2. The number of ether oxygens (including phenoxy) is 1. The highest BCUT2D eigenvalue weighted by molar-refractivity contribution is 7.89. The van der Waals surface area contributed by atoms with Crippen LogP contribution in [0, 0.1) is 0 Å². The molecule has 1 N–H and O–H groups in total. The Hall–Kier alpha value is -2.26. The molecule has 0 unspecified atom stereocenters. The second-order valence-electron chi connectivity index (χ2n) is 8.22. The molecular formula is C25H35N3O4S. The van der Waals surface area contributed by atoms with E-state index < -0.39 is 10.0 Å².